The second-order valence-corrected chi connectivity index (χ2v) is 5.63. The first-order chi connectivity index (χ1) is 8.65. The van der Waals surface area contributed by atoms with E-state index in [0.29, 0.717) is 16.6 Å². The van der Waals surface area contributed by atoms with Crippen molar-refractivity contribution in [1.29, 1.82) is 0 Å². The Bertz CT molecular complexity index is 540. The average Bonchev–Trinajstić information content (AvgIpc) is 2.80. The highest BCUT2D eigenvalue weighted by atomic mass is 32.2. The molecule has 18 heavy (non-hydrogen) atoms. The largest absolute Gasteiger partial charge is 0.398 e. The molecule has 0 fully saturated rings. The van der Waals surface area contributed by atoms with Crippen LogP contribution in [-0.2, 0) is 4.79 Å². The van der Waals surface area contributed by atoms with E-state index >= 15 is 0 Å². The summed E-state index contributed by atoms with van der Waals surface area (Å²) in [6.45, 7) is 1.99. The maximum absolute atomic E-state index is 11.7. The zero-order chi connectivity index (χ0) is 13.0. The van der Waals surface area contributed by atoms with Gasteiger partial charge in [0.05, 0.1) is 5.75 Å². The number of aromatic nitrogens is 1. The third kappa shape index (κ3) is 3.48. The standard InChI is InChI=1S/C12H13N3OS2/c1-8-2-3-10(9(13)6-8)18-7-11(16)15-12-14-4-5-17-12/h2-6H,7,13H2,1H3,(H,14,15,16). The summed E-state index contributed by atoms with van der Waals surface area (Å²) < 4.78 is 0. The third-order valence-electron chi connectivity index (χ3n) is 2.20. The monoisotopic (exact) mass is 279 g/mol. The molecule has 0 saturated heterocycles. The Balaban J connectivity index is 1.89. The van der Waals surface area contributed by atoms with Crippen LogP contribution in [0.3, 0.4) is 0 Å². The quantitative estimate of drug-likeness (QED) is 0.667. The summed E-state index contributed by atoms with van der Waals surface area (Å²) in [5.41, 5.74) is 7.71. The summed E-state index contributed by atoms with van der Waals surface area (Å²) in [4.78, 5) is 16.6. The lowest BCUT2D eigenvalue weighted by molar-refractivity contribution is -0.113. The van der Waals surface area contributed by atoms with Crippen molar-refractivity contribution in [3.8, 4) is 0 Å². The zero-order valence-electron chi connectivity index (χ0n) is 9.84. The Morgan fingerprint density at radius 3 is 3.06 bits per heavy atom. The number of anilines is 2. The lowest BCUT2D eigenvalue weighted by atomic mass is 10.2. The highest BCUT2D eigenvalue weighted by molar-refractivity contribution is 8.00. The van der Waals surface area contributed by atoms with E-state index in [0.717, 1.165) is 10.5 Å². The molecule has 1 aromatic carbocycles. The molecule has 94 valence electrons. The lowest BCUT2D eigenvalue weighted by Gasteiger charge is -2.06. The summed E-state index contributed by atoms with van der Waals surface area (Å²) in [7, 11) is 0. The second kappa shape index (κ2) is 5.88. The molecule has 2 rings (SSSR count). The average molecular weight is 279 g/mol. The van der Waals surface area contributed by atoms with Crippen LogP contribution in [0.4, 0.5) is 10.8 Å². The van der Waals surface area contributed by atoms with E-state index in [1.54, 1.807) is 6.20 Å². The van der Waals surface area contributed by atoms with Crippen LogP contribution in [0.5, 0.6) is 0 Å². The molecule has 3 N–H and O–H groups in total. The first-order valence-corrected chi connectivity index (χ1v) is 7.20. The Hall–Kier alpha value is -1.53. The molecule has 0 spiro atoms. The minimum Gasteiger partial charge on any atom is -0.398 e. The Morgan fingerprint density at radius 1 is 1.56 bits per heavy atom. The summed E-state index contributed by atoms with van der Waals surface area (Å²) in [6.07, 6.45) is 1.66. The van der Waals surface area contributed by atoms with Crippen LogP contribution < -0.4 is 11.1 Å². The molecule has 6 heteroatoms. The van der Waals surface area contributed by atoms with Gasteiger partial charge in [-0.2, -0.15) is 0 Å². The number of carbonyl (C=O) groups excluding carboxylic acids is 1. The van der Waals surface area contributed by atoms with Gasteiger partial charge in [0.1, 0.15) is 0 Å². The number of nitrogens with zero attached hydrogens (tertiary/aromatic N) is 1. The van der Waals surface area contributed by atoms with Crippen molar-refractivity contribution in [3.63, 3.8) is 0 Å². The van der Waals surface area contributed by atoms with E-state index in [4.69, 9.17) is 5.73 Å². The summed E-state index contributed by atoms with van der Waals surface area (Å²) >= 11 is 2.83. The van der Waals surface area contributed by atoms with Crippen molar-refractivity contribution in [3.05, 3.63) is 35.3 Å². The predicted octanol–water partition coefficient (Wildman–Crippen LogP) is 2.76. The molecule has 1 heterocycles. The Labute approximate surface area is 114 Å². The van der Waals surface area contributed by atoms with E-state index in [1.165, 1.54) is 23.1 Å². The molecule has 1 amide bonds. The van der Waals surface area contributed by atoms with Gasteiger partial charge in [0.25, 0.3) is 0 Å². The van der Waals surface area contributed by atoms with Gasteiger partial charge in [0, 0.05) is 22.2 Å². The fraction of sp³-hybridized carbons (Fsp3) is 0.167. The molecule has 0 atom stereocenters. The SMILES string of the molecule is Cc1ccc(SCC(=O)Nc2nccs2)c(N)c1. The van der Waals surface area contributed by atoms with Gasteiger partial charge in [0.15, 0.2) is 5.13 Å². The van der Waals surface area contributed by atoms with Gasteiger partial charge in [-0.25, -0.2) is 4.98 Å². The van der Waals surface area contributed by atoms with Crippen LogP contribution in [0, 0.1) is 6.92 Å². The molecule has 0 unspecified atom stereocenters. The minimum absolute atomic E-state index is 0.0741. The summed E-state index contributed by atoms with van der Waals surface area (Å²) in [5.74, 6) is 0.252. The number of nitrogen functional groups attached to an aromatic ring is 1. The fourth-order valence-electron chi connectivity index (χ4n) is 1.38. The second-order valence-electron chi connectivity index (χ2n) is 3.72. The normalized spacial score (nSPS) is 10.3. The number of amides is 1. The molecular weight excluding hydrogens is 266 g/mol. The van der Waals surface area contributed by atoms with E-state index in [9.17, 15) is 4.79 Å². The predicted molar refractivity (Wildman–Crippen MR) is 77.1 cm³/mol. The van der Waals surface area contributed by atoms with Gasteiger partial charge in [-0.3, -0.25) is 4.79 Å². The van der Waals surface area contributed by atoms with Gasteiger partial charge in [0.2, 0.25) is 5.91 Å². The molecule has 0 aliphatic carbocycles. The molecule has 0 bridgehead atoms. The van der Waals surface area contributed by atoms with Crippen molar-refractivity contribution < 1.29 is 4.79 Å². The number of rotatable bonds is 4. The third-order valence-corrected chi connectivity index (χ3v) is 3.98. The maximum Gasteiger partial charge on any atom is 0.236 e. The zero-order valence-corrected chi connectivity index (χ0v) is 11.5. The van der Waals surface area contributed by atoms with Crippen LogP contribution >= 0.6 is 23.1 Å². The van der Waals surface area contributed by atoms with Gasteiger partial charge in [-0.15, -0.1) is 23.1 Å². The number of thioether (sulfide) groups is 1. The smallest absolute Gasteiger partial charge is 0.236 e. The van der Waals surface area contributed by atoms with E-state index in [-0.39, 0.29) is 5.91 Å². The first-order valence-electron chi connectivity index (χ1n) is 5.33. The van der Waals surface area contributed by atoms with Crippen LogP contribution in [0.2, 0.25) is 0 Å². The first kappa shape index (κ1) is 12.9. The number of nitrogens with one attached hydrogen (secondary N) is 1. The topological polar surface area (TPSA) is 68.0 Å². The molecule has 0 radical (unpaired) electrons. The number of nitrogens with two attached hydrogens (primary N) is 1. The van der Waals surface area contributed by atoms with E-state index in [1.807, 2.05) is 30.5 Å². The Kier molecular flexibility index (Phi) is 4.22. The summed E-state index contributed by atoms with van der Waals surface area (Å²) in [5, 5.41) is 5.17. The van der Waals surface area contributed by atoms with Gasteiger partial charge >= 0.3 is 0 Å². The number of hydrogen-bond donors (Lipinski definition) is 2. The highest BCUT2D eigenvalue weighted by Gasteiger charge is 2.07. The van der Waals surface area contributed by atoms with Crippen molar-refractivity contribution in [2.24, 2.45) is 0 Å². The van der Waals surface area contributed by atoms with E-state index < -0.39 is 0 Å². The van der Waals surface area contributed by atoms with Crippen molar-refractivity contribution in [2.45, 2.75) is 11.8 Å². The molecule has 2 aromatic rings. The molecular formula is C12H13N3OS2. The molecule has 0 aliphatic heterocycles. The van der Waals surface area contributed by atoms with Crippen LogP contribution in [-0.4, -0.2) is 16.6 Å². The maximum atomic E-state index is 11.7. The molecule has 0 saturated carbocycles. The number of thiazole rings is 1. The van der Waals surface area contributed by atoms with Gasteiger partial charge < -0.3 is 11.1 Å². The molecule has 0 aliphatic rings. The van der Waals surface area contributed by atoms with Gasteiger partial charge in [-0.05, 0) is 24.6 Å². The Morgan fingerprint density at radius 2 is 2.39 bits per heavy atom. The fourth-order valence-corrected chi connectivity index (χ4v) is 2.68. The van der Waals surface area contributed by atoms with Gasteiger partial charge in [-0.1, -0.05) is 6.07 Å². The van der Waals surface area contributed by atoms with Crippen molar-refractivity contribution in [1.82, 2.24) is 4.98 Å². The lowest BCUT2D eigenvalue weighted by Crippen LogP contribution is -2.13. The number of hydrogen-bond acceptors (Lipinski definition) is 5. The van der Waals surface area contributed by atoms with Crippen LogP contribution in [0.25, 0.3) is 0 Å². The summed E-state index contributed by atoms with van der Waals surface area (Å²) in [6, 6.07) is 5.82. The number of carbonyl (C=O) groups is 1. The van der Waals surface area contributed by atoms with Crippen molar-refractivity contribution >= 4 is 39.8 Å². The minimum atomic E-state index is -0.0741. The van der Waals surface area contributed by atoms with Crippen molar-refractivity contribution in [2.75, 3.05) is 16.8 Å². The highest BCUT2D eigenvalue weighted by Crippen LogP contribution is 2.25. The van der Waals surface area contributed by atoms with Crippen LogP contribution in [0.1, 0.15) is 5.56 Å². The molecule has 4 nitrogen and oxygen atoms in total. The molecule has 1 aromatic heterocycles. The number of aryl methyl sites for hydroxylation is 1. The van der Waals surface area contributed by atoms with Crippen LogP contribution in [0.15, 0.2) is 34.7 Å². The number of benzene rings is 1. The van der Waals surface area contributed by atoms with E-state index in [2.05, 4.69) is 10.3 Å².